The summed E-state index contributed by atoms with van der Waals surface area (Å²) in [5, 5.41) is 0. The molecule has 0 aliphatic carbocycles. The Morgan fingerprint density at radius 1 is 1.07 bits per heavy atom. The van der Waals surface area contributed by atoms with E-state index in [1.54, 1.807) is 47.1 Å². The molecule has 0 saturated carbocycles. The summed E-state index contributed by atoms with van der Waals surface area (Å²) in [6, 6.07) is 9.76. The van der Waals surface area contributed by atoms with Gasteiger partial charge in [0.1, 0.15) is 34.5 Å². The number of para-hydroxylation sites is 1. The highest BCUT2D eigenvalue weighted by Crippen LogP contribution is 2.41. The molecule has 40 heavy (non-hydrogen) atoms. The van der Waals surface area contributed by atoms with Crippen molar-refractivity contribution >= 4 is 41.3 Å². The van der Waals surface area contributed by atoms with Crippen molar-refractivity contribution in [3.05, 3.63) is 42.0 Å². The van der Waals surface area contributed by atoms with Gasteiger partial charge in [-0.2, -0.15) is 9.37 Å². The largest absolute Gasteiger partial charge is 0.506 e. The number of urea groups is 1. The molecule has 11 nitrogen and oxygen atoms in total. The molecule has 4 heterocycles. The van der Waals surface area contributed by atoms with Crippen molar-refractivity contribution < 1.29 is 37.9 Å². The first-order valence-electron chi connectivity index (χ1n) is 13.3. The van der Waals surface area contributed by atoms with Gasteiger partial charge in [0.05, 0.1) is 7.11 Å². The zero-order chi connectivity index (χ0) is 28.2. The van der Waals surface area contributed by atoms with Crippen molar-refractivity contribution in [1.29, 1.82) is 0 Å². The number of likely N-dealkylation sites (tertiary alicyclic amines) is 1. The van der Waals surface area contributed by atoms with Crippen molar-refractivity contribution in [3.8, 4) is 17.2 Å². The van der Waals surface area contributed by atoms with E-state index < -0.39 is 23.5 Å². The third-order valence-electron chi connectivity index (χ3n) is 7.38. The Bertz CT molecular complexity index is 1470. The van der Waals surface area contributed by atoms with E-state index in [1.165, 1.54) is 4.90 Å². The van der Waals surface area contributed by atoms with Crippen LogP contribution in [0.3, 0.4) is 0 Å². The first-order chi connectivity index (χ1) is 19.2. The Morgan fingerprint density at radius 3 is 2.55 bits per heavy atom. The number of carbonyl (C=O) groups excluding carboxylic acids is 3. The lowest BCUT2D eigenvalue weighted by Gasteiger charge is -2.36. The minimum absolute atomic E-state index is 0.0782. The topological polar surface area (TPSA) is 110 Å². The number of benzene rings is 2. The minimum atomic E-state index is -0.786. The molecular formula is C29H31N4O7+. The quantitative estimate of drug-likeness (QED) is 0.532. The standard InChI is InChI=1S/C29H31N4O7/c1-29(2,3)40-28(36)31-12-10-17(11-13-31)32-25-19-6-5-7-22(37-4)24(19)30-15-20(25)26(34)33(27(32)35)18-8-9-21-23(14-18)39-16-38-21/h5-9,14-15,17,20H,10-13,16H2,1-4H3/q+1. The van der Waals surface area contributed by atoms with E-state index in [0.29, 0.717) is 65.8 Å². The van der Waals surface area contributed by atoms with Crippen LogP contribution in [-0.2, 0) is 9.53 Å². The molecule has 0 spiro atoms. The highest BCUT2D eigenvalue weighted by Gasteiger charge is 2.53. The van der Waals surface area contributed by atoms with Crippen molar-refractivity contribution in [3.63, 3.8) is 0 Å². The van der Waals surface area contributed by atoms with Gasteiger partial charge in [0.15, 0.2) is 17.4 Å². The minimum Gasteiger partial charge on any atom is -0.494 e. The predicted octanol–water partition coefficient (Wildman–Crippen LogP) is 4.12. The maximum Gasteiger partial charge on any atom is 0.506 e. The van der Waals surface area contributed by atoms with E-state index in [-0.39, 0.29) is 18.9 Å². The number of aliphatic imine (C=N–C) groups is 1. The molecule has 1 fully saturated rings. The van der Waals surface area contributed by atoms with Gasteiger partial charge in [0.25, 0.3) is 0 Å². The van der Waals surface area contributed by atoms with Gasteiger partial charge in [-0.3, -0.25) is 4.99 Å². The zero-order valence-electron chi connectivity index (χ0n) is 22.9. The summed E-state index contributed by atoms with van der Waals surface area (Å²) in [6.07, 6.45) is 2.23. The summed E-state index contributed by atoms with van der Waals surface area (Å²) in [4.78, 5) is 48.4. The first-order valence-corrected chi connectivity index (χ1v) is 13.3. The number of anilines is 1. The van der Waals surface area contributed by atoms with E-state index in [2.05, 4.69) is 4.99 Å². The van der Waals surface area contributed by atoms with Gasteiger partial charge in [0, 0.05) is 43.8 Å². The number of hydrogen-bond acceptors (Lipinski definition) is 8. The van der Waals surface area contributed by atoms with Gasteiger partial charge in [-0.15, -0.1) is 4.90 Å². The van der Waals surface area contributed by atoms with E-state index in [0.717, 1.165) is 0 Å². The number of rotatable bonds is 3. The Balaban J connectivity index is 1.41. The molecule has 0 bridgehead atoms. The van der Waals surface area contributed by atoms with Crippen LogP contribution in [0.1, 0.15) is 39.2 Å². The van der Waals surface area contributed by atoms with Crippen LogP contribution in [0, 0.1) is 5.92 Å². The Morgan fingerprint density at radius 2 is 1.82 bits per heavy atom. The van der Waals surface area contributed by atoms with Gasteiger partial charge < -0.3 is 23.8 Å². The maximum absolute atomic E-state index is 14.3. The number of amides is 4. The second-order valence-corrected chi connectivity index (χ2v) is 11.1. The summed E-state index contributed by atoms with van der Waals surface area (Å²) in [5.41, 5.74) is 1.61. The van der Waals surface area contributed by atoms with Crippen molar-refractivity contribution in [2.75, 3.05) is 31.9 Å². The molecule has 0 aromatic heterocycles. The van der Waals surface area contributed by atoms with Gasteiger partial charge >= 0.3 is 18.0 Å². The molecule has 4 aliphatic rings. The van der Waals surface area contributed by atoms with E-state index >= 15 is 0 Å². The maximum atomic E-state index is 14.3. The Kier molecular flexibility index (Phi) is 6.24. The third kappa shape index (κ3) is 4.35. The fraction of sp³-hybridized carbons (Fsp3) is 0.414. The molecule has 4 amide bonds. The van der Waals surface area contributed by atoms with E-state index in [1.807, 2.05) is 32.9 Å². The number of carbonyl (C=O) groups is 3. The van der Waals surface area contributed by atoms with Crippen LogP contribution < -0.4 is 19.1 Å². The average Bonchev–Trinajstić information content (AvgIpc) is 3.40. The van der Waals surface area contributed by atoms with Gasteiger partial charge in [-0.25, -0.2) is 9.59 Å². The predicted molar refractivity (Wildman–Crippen MR) is 145 cm³/mol. The lowest BCUT2D eigenvalue weighted by atomic mass is 9.88. The molecule has 1 unspecified atom stereocenters. The Hall–Kier alpha value is -4.41. The first kappa shape index (κ1) is 25.8. The number of piperidine rings is 1. The second kappa shape index (κ2) is 9.65. The number of methoxy groups -OCH3 is 1. The molecule has 2 aromatic rings. The van der Waals surface area contributed by atoms with Crippen LogP contribution in [-0.4, -0.2) is 78.1 Å². The molecule has 11 heteroatoms. The number of imide groups is 1. The van der Waals surface area contributed by atoms with Crippen LogP contribution in [0.25, 0.3) is 0 Å². The van der Waals surface area contributed by atoms with Crippen LogP contribution in [0.4, 0.5) is 21.0 Å². The summed E-state index contributed by atoms with van der Waals surface area (Å²) < 4.78 is 23.7. The van der Waals surface area contributed by atoms with E-state index in [9.17, 15) is 14.4 Å². The molecule has 1 atom stereocenters. The van der Waals surface area contributed by atoms with Crippen LogP contribution in [0.5, 0.6) is 17.2 Å². The number of hydrogen-bond donors (Lipinski definition) is 0. The summed E-state index contributed by atoms with van der Waals surface area (Å²) in [6.45, 7) is 6.40. The third-order valence-corrected chi connectivity index (χ3v) is 7.38. The molecular weight excluding hydrogens is 516 g/mol. The van der Waals surface area contributed by atoms with Crippen LogP contribution in [0.2, 0.25) is 0 Å². The molecule has 4 aliphatic heterocycles. The lowest BCUT2D eigenvalue weighted by Crippen LogP contribution is -2.60. The number of fused-ring (bicyclic) bond motifs is 4. The average molecular weight is 548 g/mol. The fourth-order valence-corrected chi connectivity index (χ4v) is 5.57. The second-order valence-electron chi connectivity index (χ2n) is 11.1. The number of ether oxygens (including phenoxy) is 4. The molecule has 0 radical (unpaired) electrons. The lowest BCUT2D eigenvalue weighted by molar-refractivity contribution is -0.477. The summed E-state index contributed by atoms with van der Waals surface area (Å²) in [5.74, 6) is 0.389. The summed E-state index contributed by atoms with van der Waals surface area (Å²) in [7, 11) is 1.56. The van der Waals surface area contributed by atoms with Crippen molar-refractivity contribution in [2.45, 2.75) is 45.3 Å². The SMILES string of the molecule is COc1cccc2c1N=CC1C(=O)N(c3ccc4c(c3)OCO4)C(=O)[N+](C3CCN(C(=O)OC(C)(C)C)CC3)=C21. The molecule has 208 valence electrons. The van der Waals surface area contributed by atoms with Crippen LogP contribution >= 0.6 is 0 Å². The molecule has 0 N–H and O–H groups in total. The van der Waals surface area contributed by atoms with Gasteiger partial charge in [0.2, 0.25) is 6.79 Å². The summed E-state index contributed by atoms with van der Waals surface area (Å²) >= 11 is 0. The van der Waals surface area contributed by atoms with Crippen LogP contribution in [0.15, 0.2) is 41.4 Å². The highest BCUT2D eigenvalue weighted by molar-refractivity contribution is 6.33. The Labute approximate surface area is 231 Å². The van der Waals surface area contributed by atoms with Crippen molar-refractivity contribution in [1.82, 2.24) is 4.90 Å². The fourth-order valence-electron chi connectivity index (χ4n) is 5.57. The zero-order valence-corrected chi connectivity index (χ0v) is 22.9. The number of nitrogens with zero attached hydrogens (tertiary/aromatic N) is 4. The van der Waals surface area contributed by atoms with Crippen molar-refractivity contribution in [2.24, 2.45) is 10.9 Å². The molecule has 2 aromatic carbocycles. The highest BCUT2D eigenvalue weighted by atomic mass is 16.7. The van der Waals surface area contributed by atoms with Gasteiger partial charge in [-0.05, 0) is 45.0 Å². The van der Waals surface area contributed by atoms with Gasteiger partial charge in [-0.1, -0.05) is 6.07 Å². The smallest absolute Gasteiger partial charge is 0.494 e. The molecule has 6 rings (SSSR count). The normalized spacial score (nSPS) is 20.4. The van der Waals surface area contributed by atoms with E-state index in [4.69, 9.17) is 18.9 Å². The monoisotopic (exact) mass is 547 g/mol. The molecule has 1 saturated heterocycles.